The molecule has 1 saturated heterocycles. The van der Waals surface area contributed by atoms with E-state index < -0.39 is 0 Å². The summed E-state index contributed by atoms with van der Waals surface area (Å²) in [5.41, 5.74) is 2.24. The average molecular weight is 352 g/mol. The van der Waals surface area contributed by atoms with E-state index in [0.717, 1.165) is 57.2 Å². The Hall–Kier alpha value is -2.44. The molecule has 0 unspecified atom stereocenters. The van der Waals surface area contributed by atoms with E-state index in [1.54, 1.807) is 6.26 Å². The van der Waals surface area contributed by atoms with E-state index in [-0.39, 0.29) is 0 Å². The molecule has 0 bridgehead atoms. The highest BCUT2D eigenvalue weighted by Gasteiger charge is 2.16. The molecule has 3 heterocycles. The molecule has 0 atom stereocenters. The summed E-state index contributed by atoms with van der Waals surface area (Å²) in [5.74, 6) is 2.30. The fourth-order valence-electron chi connectivity index (χ4n) is 3.27. The molecule has 3 aromatic rings. The number of aryl methyl sites for hydroxylation is 2. The van der Waals surface area contributed by atoms with E-state index in [2.05, 4.69) is 36.1 Å². The topological polar surface area (TPSA) is 56.3 Å². The van der Waals surface area contributed by atoms with Gasteiger partial charge in [0.25, 0.3) is 0 Å². The first-order valence-corrected chi connectivity index (χ1v) is 9.16. The van der Waals surface area contributed by atoms with Crippen LogP contribution in [0.5, 0.6) is 0 Å². The number of morpholine rings is 1. The lowest BCUT2D eigenvalue weighted by atomic mass is 10.2. The Bertz CT molecular complexity index is 835. The van der Waals surface area contributed by atoms with Gasteiger partial charge in [0, 0.05) is 19.5 Å². The molecule has 0 N–H and O–H groups in total. The van der Waals surface area contributed by atoms with Crippen molar-refractivity contribution in [2.45, 2.75) is 19.8 Å². The lowest BCUT2D eigenvalue weighted by Crippen LogP contribution is -2.37. The van der Waals surface area contributed by atoms with Crippen LogP contribution in [0.3, 0.4) is 0 Å². The van der Waals surface area contributed by atoms with Gasteiger partial charge in [-0.3, -0.25) is 4.90 Å². The Balaban J connectivity index is 1.55. The Kier molecular flexibility index (Phi) is 5.13. The van der Waals surface area contributed by atoms with Gasteiger partial charge in [-0.25, -0.2) is 9.67 Å². The number of rotatable bonds is 6. The van der Waals surface area contributed by atoms with Crippen LogP contribution in [-0.2, 0) is 11.2 Å². The van der Waals surface area contributed by atoms with Crippen LogP contribution < -0.4 is 0 Å². The zero-order valence-electron chi connectivity index (χ0n) is 15.1. The molecule has 0 spiro atoms. The molecule has 2 aromatic heterocycles. The SMILES string of the molecule is Cc1cccc(-n2nc(-c3ccco3)nc2CCCN2CCOCC2)c1. The number of furan rings is 1. The summed E-state index contributed by atoms with van der Waals surface area (Å²) < 4.78 is 12.9. The lowest BCUT2D eigenvalue weighted by molar-refractivity contribution is 0.0374. The molecule has 6 heteroatoms. The largest absolute Gasteiger partial charge is 0.461 e. The first-order chi connectivity index (χ1) is 12.8. The number of benzene rings is 1. The van der Waals surface area contributed by atoms with Gasteiger partial charge in [0.2, 0.25) is 5.82 Å². The van der Waals surface area contributed by atoms with Crippen LogP contribution in [0.2, 0.25) is 0 Å². The van der Waals surface area contributed by atoms with E-state index in [0.29, 0.717) is 11.6 Å². The Morgan fingerprint density at radius 1 is 1.12 bits per heavy atom. The summed E-state index contributed by atoms with van der Waals surface area (Å²) in [4.78, 5) is 7.20. The molecule has 6 nitrogen and oxygen atoms in total. The summed E-state index contributed by atoms with van der Waals surface area (Å²) in [5, 5.41) is 4.71. The second-order valence-corrected chi connectivity index (χ2v) is 6.64. The van der Waals surface area contributed by atoms with Crippen molar-refractivity contribution in [3.63, 3.8) is 0 Å². The molecule has 0 aliphatic carbocycles. The quantitative estimate of drug-likeness (QED) is 0.682. The van der Waals surface area contributed by atoms with Gasteiger partial charge in [-0.05, 0) is 49.7 Å². The van der Waals surface area contributed by atoms with Gasteiger partial charge in [0.05, 0.1) is 25.2 Å². The molecular weight excluding hydrogens is 328 g/mol. The molecule has 26 heavy (non-hydrogen) atoms. The highest BCUT2D eigenvalue weighted by atomic mass is 16.5. The Labute approximate surface area is 153 Å². The second-order valence-electron chi connectivity index (χ2n) is 6.64. The van der Waals surface area contributed by atoms with Crippen molar-refractivity contribution in [1.82, 2.24) is 19.7 Å². The molecule has 1 fully saturated rings. The Morgan fingerprint density at radius 3 is 2.77 bits per heavy atom. The molecule has 0 radical (unpaired) electrons. The number of hydrogen-bond donors (Lipinski definition) is 0. The highest BCUT2D eigenvalue weighted by Crippen LogP contribution is 2.20. The van der Waals surface area contributed by atoms with Crippen molar-refractivity contribution >= 4 is 0 Å². The van der Waals surface area contributed by atoms with Crippen LogP contribution in [0.15, 0.2) is 47.1 Å². The van der Waals surface area contributed by atoms with E-state index >= 15 is 0 Å². The number of nitrogens with zero attached hydrogens (tertiary/aromatic N) is 4. The van der Waals surface area contributed by atoms with Gasteiger partial charge in [0.1, 0.15) is 5.82 Å². The maximum atomic E-state index is 5.49. The zero-order chi connectivity index (χ0) is 17.8. The van der Waals surface area contributed by atoms with Crippen molar-refractivity contribution in [3.05, 3.63) is 54.0 Å². The van der Waals surface area contributed by atoms with E-state index in [1.165, 1.54) is 5.56 Å². The van der Waals surface area contributed by atoms with Crippen LogP contribution in [0.25, 0.3) is 17.3 Å². The third-order valence-corrected chi connectivity index (χ3v) is 4.64. The molecular formula is C20H24N4O2. The summed E-state index contributed by atoms with van der Waals surface area (Å²) in [7, 11) is 0. The van der Waals surface area contributed by atoms with Gasteiger partial charge in [-0.15, -0.1) is 5.10 Å². The normalized spacial score (nSPS) is 15.4. The minimum absolute atomic E-state index is 0.637. The van der Waals surface area contributed by atoms with E-state index in [4.69, 9.17) is 19.2 Å². The van der Waals surface area contributed by atoms with Crippen molar-refractivity contribution in [2.75, 3.05) is 32.8 Å². The monoisotopic (exact) mass is 352 g/mol. The maximum absolute atomic E-state index is 5.49. The molecule has 0 saturated carbocycles. The lowest BCUT2D eigenvalue weighted by Gasteiger charge is -2.26. The van der Waals surface area contributed by atoms with Crippen molar-refractivity contribution < 1.29 is 9.15 Å². The van der Waals surface area contributed by atoms with Crippen LogP contribution in [0.4, 0.5) is 0 Å². The van der Waals surface area contributed by atoms with Crippen LogP contribution in [0.1, 0.15) is 17.8 Å². The fraction of sp³-hybridized carbons (Fsp3) is 0.400. The minimum atomic E-state index is 0.637. The van der Waals surface area contributed by atoms with Crippen molar-refractivity contribution in [3.8, 4) is 17.3 Å². The third-order valence-electron chi connectivity index (χ3n) is 4.64. The third kappa shape index (κ3) is 3.86. The maximum Gasteiger partial charge on any atom is 0.217 e. The molecule has 1 aliphatic rings. The van der Waals surface area contributed by atoms with Crippen molar-refractivity contribution in [1.29, 1.82) is 0 Å². The summed E-state index contributed by atoms with van der Waals surface area (Å²) in [6, 6.07) is 12.1. The predicted molar refractivity (Wildman–Crippen MR) is 99.4 cm³/mol. The first kappa shape index (κ1) is 17.0. The smallest absolute Gasteiger partial charge is 0.217 e. The molecule has 1 aliphatic heterocycles. The first-order valence-electron chi connectivity index (χ1n) is 9.16. The average Bonchev–Trinajstić information content (AvgIpc) is 3.32. The van der Waals surface area contributed by atoms with Gasteiger partial charge in [-0.1, -0.05) is 12.1 Å². The summed E-state index contributed by atoms with van der Waals surface area (Å²) >= 11 is 0. The zero-order valence-corrected chi connectivity index (χ0v) is 15.1. The van der Waals surface area contributed by atoms with Gasteiger partial charge >= 0.3 is 0 Å². The summed E-state index contributed by atoms with van der Waals surface area (Å²) in [6.07, 6.45) is 3.57. The molecule has 4 rings (SSSR count). The predicted octanol–water partition coefficient (Wildman–Crippen LogP) is 3.10. The standard InChI is InChI=1S/C20H24N4O2/c1-16-5-2-6-17(15-16)24-19(8-3-9-23-10-13-25-14-11-23)21-20(22-24)18-7-4-12-26-18/h2,4-7,12,15H,3,8-11,13-14H2,1H3. The van der Waals surface area contributed by atoms with Crippen LogP contribution >= 0.6 is 0 Å². The number of aromatic nitrogens is 3. The second kappa shape index (κ2) is 7.85. The fourth-order valence-corrected chi connectivity index (χ4v) is 3.27. The van der Waals surface area contributed by atoms with Crippen LogP contribution in [-0.4, -0.2) is 52.5 Å². The number of hydrogen-bond acceptors (Lipinski definition) is 5. The van der Waals surface area contributed by atoms with Gasteiger partial charge in [-0.2, -0.15) is 0 Å². The van der Waals surface area contributed by atoms with E-state index in [9.17, 15) is 0 Å². The van der Waals surface area contributed by atoms with Crippen molar-refractivity contribution in [2.24, 2.45) is 0 Å². The molecule has 0 amide bonds. The Morgan fingerprint density at radius 2 is 2.00 bits per heavy atom. The van der Waals surface area contributed by atoms with Gasteiger partial charge in [0.15, 0.2) is 5.76 Å². The van der Waals surface area contributed by atoms with E-state index in [1.807, 2.05) is 16.8 Å². The minimum Gasteiger partial charge on any atom is -0.461 e. The van der Waals surface area contributed by atoms with Gasteiger partial charge < -0.3 is 9.15 Å². The highest BCUT2D eigenvalue weighted by molar-refractivity contribution is 5.47. The molecule has 136 valence electrons. The number of ether oxygens (including phenoxy) is 1. The van der Waals surface area contributed by atoms with Crippen LogP contribution in [0, 0.1) is 6.92 Å². The summed E-state index contributed by atoms with van der Waals surface area (Å²) in [6.45, 7) is 6.85. The molecule has 1 aromatic carbocycles.